The molecule has 0 bridgehead atoms. The van der Waals surface area contributed by atoms with Gasteiger partial charge in [-0.3, -0.25) is 9.78 Å². The highest BCUT2D eigenvalue weighted by molar-refractivity contribution is 7.08. The summed E-state index contributed by atoms with van der Waals surface area (Å²) in [6.07, 6.45) is 1.61. The molecule has 0 radical (unpaired) electrons. The Kier molecular flexibility index (Phi) is 7.58. The predicted octanol–water partition coefficient (Wildman–Crippen LogP) is 3.57. The molecule has 8 nitrogen and oxygen atoms in total. The van der Waals surface area contributed by atoms with E-state index < -0.39 is 0 Å². The first-order chi connectivity index (χ1) is 14.9. The highest BCUT2D eigenvalue weighted by Crippen LogP contribution is 2.18. The van der Waals surface area contributed by atoms with Crippen LogP contribution in [0.4, 0.5) is 21.9 Å². The van der Waals surface area contributed by atoms with Crippen LogP contribution in [0.2, 0.25) is 0 Å². The van der Waals surface area contributed by atoms with Crippen molar-refractivity contribution in [3.05, 3.63) is 70.7 Å². The van der Waals surface area contributed by atoms with Crippen molar-refractivity contribution in [3.8, 4) is 0 Å². The van der Waals surface area contributed by atoms with Crippen molar-refractivity contribution in [2.24, 2.45) is 0 Å². The van der Waals surface area contributed by atoms with Crippen molar-refractivity contribution in [1.29, 1.82) is 0 Å². The highest BCUT2D eigenvalue weighted by Gasteiger charge is 2.16. The summed E-state index contributed by atoms with van der Waals surface area (Å²) in [4.78, 5) is 33.2. The Hall–Kier alpha value is -3.43. The molecule has 3 rings (SSSR count). The summed E-state index contributed by atoms with van der Waals surface area (Å²) in [6, 6.07) is 12.2. The summed E-state index contributed by atoms with van der Waals surface area (Å²) in [6.45, 7) is 1.66. The first-order valence-electron chi connectivity index (χ1n) is 9.76. The van der Waals surface area contributed by atoms with Crippen molar-refractivity contribution in [1.82, 2.24) is 14.8 Å². The number of carbonyl (C=O) groups is 2. The van der Waals surface area contributed by atoms with E-state index in [9.17, 15) is 9.59 Å². The van der Waals surface area contributed by atoms with Crippen LogP contribution in [0.25, 0.3) is 0 Å². The smallest absolute Gasteiger partial charge is 0.322 e. The van der Waals surface area contributed by atoms with E-state index in [-0.39, 0.29) is 17.6 Å². The summed E-state index contributed by atoms with van der Waals surface area (Å²) in [5.41, 5.74) is 8.77. The molecule has 4 N–H and O–H groups in total. The van der Waals surface area contributed by atoms with Gasteiger partial charge in [0.25, 0.3) is 5.91 Å². The molecular formula is C22H26N6O2S. The minimum absolute atomic E-state index is 0.179. The molecule has 0 fully saturated rings. The summed E-state index contributed by atoms with van der Waals surface area (Å²) in [7, 11) is 3.92. The molecule has 0 aliphatic carbocycles. The van der Waals surface area contributed by atoms with Crippen molar-refractivity contribution in [3.63, 3.8) is 0 Å². The minimum Gasteiger partial charge on any atom is -0.397 e. The molecule has 0 aliphatic rings. The van der Waals surface area contributed by atoms with Crippen LogP contribution < -0.4 is 16.4 Å². The number of nitrogen functional groups attached to an aromatic ring is 1. The zero-order valence-corrected chi connectivity index (χ0v) is 18.4. The first kappa shape index (κ1) is 22.3. The third kappa shape index (κ3) is 6.53. The predicted molar refractivity (Wildman–Crippen MR) is 125 cm³/mol. The van der Waals surface area contributed by atoms with E-state index in [1.807, 2.05) is 35.8 Å². The van der Waals surface area contributed by atoms with Crippen LogP contribution in [0.1, 0.15) is 16.1 Å². The topological polar surface area (TPSA) is 104 Å². The lowest BCUT2D eigenvalue weighted by Gasteiger charge is -2.24. The number of thiophene rings is 1. The van der Waals surface area contributed by atoms with Crippen LogP contribution in [0.15, 0.2) is 59.4 Å². The Bertz CT molecular complexity index is 1010. The SMILES string of the molecule is CN(C)CCN(Cc1ccc(C(=O)Nc2ccccc2N)nc1)C(=O)Nc1ccsc1. The van der Waals surface area contributed by atoms with Crippen LogP contribution >= 0.6 is 11.3 Å². The number of amides is 3. The number of hydrogen-bond donors (Lipinski definition) is 3. The maximum absolute atomic E-state index is 12.7. The van der Waals surface area contributed by atoms with Crippen molar-refractivity contribution in [2.45, 2.75) is 6.54 Å². The number of hydrogen-bond acceptors (Lipinski definition) is 6. The summed E-state index contributed by atoms with van der Waals surface area (Å²) in [5.74, 6) is -0.343. The monoisotopic (exact) mass is 438 g/mol. The molecule has 9 heteroatoms. The highest BCUT2D eigenvalue weighted by atomic mass is 32.1. The van der Waals surface area contributed by atoms with Gasteiger partial charge in [0.1, 0.15) is 5.69 Å². The van der Waals surface area contributed by atoms with E-state index in [1.165, 1.54) is 11.3 Å². The number of para-hydroxylation sites is 2. The largest absolute Gasteiger partial charge is 0.397 e. The minimum atomic E-state index is -0.343. The average molecular weight is 439 g/mol. The number of carbonyl (C=O) groups excluding carboxylic acids is 2. The maximum Gasteiger partial charge on any atom is 0.322 e. The van der Waals surface area contributed by atoms with Gasteiger partial charge in [-0.1, -0.05) is 18.2 Å². The van der Waals surface area contributed by atoms with Crippen molar-refractivity contribution in [2.75, 3.05) is 43.6 Å². The Labute approximate surface area is 185 Å². The van der Waals surface area contributed by atoms with Gasteiger partial charge in [-0.2, -0.15) is 11.3 Å². The molecule has 0 unspecified atom stereocenters. The number of benzene rings is 1. The summed E-state index contributed by atoms with van der Waals surface area (Å²) < 4.78 is 0. The van der Waals surface area contributed by atoms with Gasteiger partial charge in [-0.05, 0) is 49.3 Å². The van der Waals surface area contributed by atoms with E-state index in [4.69, 9.17) is 5.73 Å². The Morgan fingerprint density at radius 2 is 1.87 bits per heavy atom. The third-order valence-electron chi connectivity index (χ3n) is 4.52. The number of pyridine rings is 1. The molecule has 3 aromatic rings. The number of nitrogens with one attached hydrogen (secondary N) is 2. The van der Waals surface area contributed by atoms with Gasteiger partial charge >= 0.3 is 6.03 Å². The number of rotatable bonds is 8. The quantitative estimate of drug-likeness (QED) is 0.467. The fourth-order valence-corrected chi connectivity index (χ4v) is 3.37. The first-order valence-corrected chi connectivity index (χ1v) is 10.7. The van der Waals surface area contributed by atoms with Crippen molar-refractivity contribution < 1.29 is 9.59 Å². The van der Waals surface area contributed by atoms with E-state index in [0.29, 0.717) is 24.5 Å². The molecule has 0 atom stereocenters. The Morgan fingerprint density at radius 1 is 1.06 bits per heavy atom. The Balaban J connectivity index is 1.66. The molecule has 2 aromatic heterocycles. The second-order valence-electron chi connectivity index (χ2n) is 7.26. The number of nitrogens with two attached hydrogens (primary N) is 1. The fraction of sp³-hybridized carbons (Fsp3) is 0.227. The van der Waals surface area contributed by atoms with Gasteiger partial charge < -0.3 is 26.2 Å². The van der Waals surface area contributed by atoms with Gasteiger partial charge in [0.2, 0.25) is 0 Å². The lowest BCUT2D eigenvalue weighted by Crippen LogP contribution is -2.39. The molecule has 31 heavy (non-hydrogen) atoms. The van der Waals surface area contributed by atoms with Crippen LogP contribution in [-0.4, -0.2) is 53.9 Å². The summed E-state index contributed by atoms with van der Waals surface area (Å²) >= 11 is 1.52. The van der Waals surface area contributed by atoms with E-state index >= 15 is 0 Å². The van der Waals surface area contributed by atoms with Gasteiger partial charge in [0.05, 0.1) is 17.1 Å². The van der Waals surface area contributed by atoms with Crippen LogP contribution in [0.5, 0.6) is 0 Å². The molecule has 0 spiro atoms. The van der Waals surface area contributed by atoms with E-state index in [2.05, 4.69) is 15.6 Å². The molecule has 2 heterocycles. The van der Waals surface area contributed by atoms with Gasteiger partial charge in [-0.25, -0.2) is 4.79 Å². The molecule has 162 valence electrons. The van der Waals surface area contributed by atoms with E-state index in [0.717, 1.165) is 17.8 Å². The van der Waals surface area contributed by atoms with Gasteiger partial charge in [0, 0.05) is 31.2 Å². The number of anilines is 3. The molecule has 0 saturated carbocycles. The number of likely N-dealkylation sites (N-methyl/N-ethyl adjacent to an activating group) is 1. The fourth-order valence-electron chi connectivity index (χ4n) is 2.78. The van der Waals surface area contributed by atoms with Crippen LogP contribution in [-0.2, 0) is 6.54 Å². The second-order valence-corrected chi connectivity index (χ2v) is 8.04. The van der Waals surface area contributed by atoms with Crippen LogP contribution in [0, 0.1) is 0 Å². The molecule has 1 aromatic carbocycles. The lowest BCUT2D eigenvalue weighted by atomic mass is 10.2. The standard InChI is InChI=1S/C22H26N6O2S/c1-27(2)10-11-28(22(30)25-17-9-12-31-15-17)14-16-7-8-20(24-13-16)21(29)26-19-6-4-3-5-18(19)23/h3-9,12-13,15H,10-11,14,23H2,1-2H3,(H,25,30)(H,26,29). The maximum atomic E-state index is 12.7. The molecular weight excluding hydrogens is 412 g/mol. The second kappa shape index (κ2) is 10.6. The normalized spacial score (nSPS) is 10.7. The zero-order valence-electron chi connectivity index (χ0n) is 17.5. The Morgan fingerprint density at radius 3 is 2.52 bits per heavy atom. The zero-order chi connectivity index (χ0) is 22.2. The van der Waals surface area contributed by atoms with Crippen molar-refractivity contribution >= 4 is 40.3 Å². The van der Waals surface area contributed by atoms with Gasteiger partial charge in [0.15, 0.2) is 0 Å². The molecule has 0 saturated heterocycles. The number of aromatic nitrogens is 1. The third-order valence-corrected chi connectivity index (χ3v) is 5.20. The number of nitrogens with zero attached hydrogens (tertiary/aromatic N) is 3. The van der Waals surface area contributed by atoms with Gasteiger partial charge in [-0.15, -0.1) is 0 Å². The lowest BCUT2D eigenvalue weighted by molar-refractivity contribution is 0.102. The number of urea groups is 1. The molecule has 3 amide bonds. The summed E-state index contributed by atoms with van der Waals surface area (Å²) in [5, 5.41) is 9.47. The van der Waals surface area contributed by atoms with Crippen LogP contribution in [0.3, 0.4) is 0 Å². The molecule has 0 aliphatic heterocycles. The average Bonchev–Trinajstić information content (AvgIpc) is 3.26. The van der Waals surface area contributed by atoms with E-state index in [1.54, 1.807) is 47.5 Å².